The fraction of sp³-hybridized carbons (Fsp3) is 0.360. The van der Waals surface area contributed by atoms with Gasteiger partial charge < -0.3 is 15.0 Å². The Morgan fingerprint density at radius 1 is 1.12 bits per heavy atom. The van der Waals surface area contributed by atoms with Crippen LogP contribution in [0.5, 0.6) is 0 Å². The lowest BCUT2D eigenvalue weighted by Crippen LogP contribution is -2.43. The van der Waals surface area contributed by atoms with E-state index in [0.29, 0.717) is 24.2 Å². The van der Waals surface area contributed by atoms with Crippen molar-refractivity contribution in [3.05, 3.63) is 59.2 Å². The molecule has 1 atom stereocenters. The molecule has 1 saturated heterocycles. The van der Waals surface area contributed by atoms with Crippen molar-refractivity contribution in [1.82, 2.24) is 9.91 Å². The first kappa shape index (κ1) is 22.0. The number of carbonyl (C=O) groups excluding carboxylic acids is 2. The molecular weight excluding hydrogens is 404 g/mol. The van der Waals surface area contributed by atoms with E-state index >= 15 is 0 Å². The van der Waals surface area contributed by atoms with E-state index in [1.54, 1.807) is 19.0 Å². The second-order valence-electron chi connectivity index (χ2n) is 8.30. The minimum atomic E-state index is -0.329. The van der Waals surface area contributed by atoms with E-state index in [-0.39, 0.29) is 18.0 Å². The molecule has 1 unspecified atom stereocenters. The lowest BCUT2D eigenvalue weighted by atomic mass is 9.99. The highest BCUT2D eigenvalue weighted by Crippen LogP contribution is 2.31. The molecule has 0 radical (unpaired) electrons. The topological polar surface area (TPSA) is 87.9 Å². The summed E-state index contributed by atoms with van der Waals surface area (Å²) in [6, 6.07) is 13.8. The van der Waals surface area contributed by atoms with Crippen LogP contribution in [0.4, 0.5) is 5.69 Å². The minimum Gasteiger partial charge on any atom is -0.463 e. The predicted molar refractivity (Wildman–Crippen MR) is 126 cm³/mol. The molecule has 0 spiro atoms. The molecule has 2 aromatic rings. The summed E-state index contributed by atoms with van der Waals surface area (Å²) >= 11 is 0. The van der Waals surface area contributed by atoms with Crippen molar-refractivity contribution in [2.75, 3.05) is 32.1 Å². The zero-order valence-corrected chi connectivity index (χ0v) is 18.6. The van der Waals surface area contributed by atoms with Crippen LogP contribution in [0.1, 0.15) is 42.1 Å². The highest BCUT2D eigenvalue weighted by molar-refractivity contribution is 5.96. The Kier molecular flexibility index (Phi) is 6.58. The van der Waals surface area contributed by atoms with Crippen LogP contribution >= 0.6 is 0 Å². The van der Waals surface area contributed by atoms with Gasteiger partial charge in [-0.2, -0.15) is 0 Å². The van der Waals surface area contributed by atoms with Crippen LogP contribution in [0.2, 0.25) is 0 Å². The number of nitrogens with zero attached hydrogens (tertiary/aromatic N) is 2. The van der Waals surface area contributed by atoms with Gasteiger partial charge in [-0.1, -0.05) is 18.2 Å². The summed E-state index contributed by atoms with van der Waals surface area (Å²) in [7, 11) is 1.77. The number of hydrogen-bond donors (Lipinski definition) is 2. The first-order chi connectivity index (χ1) is 15.5. The molecule has 0 aliphatic carbocycles. The molecule has 2 heterocycles. The maximum absolute atomic E-state index is 12.6. The van der Waals surface area contributed by atoms with Gasteiger partial charge in [0.2, 0.25) is 0 Å². The van der Waals surface area contributed by atoms with Gasteiger partial charge in [0.25, 0.3) is 5.91 Å². The van der Waals surface area contributed by atoms with Crippen molar-refractivity contribution >= 4 is 23.6 Å². The average molecular weight is 435 g/mol. The van der Waals surface area contributed by atoms with Crippen molar-refractivity contribution in [3.8, 4) is 11.1 Å². The number of hydrazine groups is 1. The number of carbonyl (C=O) groups is 2. The molecule has 1 fully saturated rings. The smallest absolute Gasteiger partial charge is 0.334 e. The normalized spacial score (nSPS) is 17.9. The average Bonchev–Trinajstić information content (AvgIpc) is 3.26. The van der Waals surface area contributed by atoms with Gasteiger partial charge in [0.1, 0.15) is 0 Å². The third-order valence-electron chi connectivity index (χ3n) is 6.00. The largest absolute Gasteiger partial charge is 0.463 e. The van der Waals surface area contributed by atoms with Crippen molar-refractivity contribution in [2.45, 2.75) is 32.4 Å². The van der Waals surface area contributed by atoms with Crippen LogP contribution < -0.4 is 11.2 Å². The molecule has 7 nitrogen and oxygen atoms in total. The maximum atomic E-state index is 12.6. The van der Waals surface area contributed by atoms with Crippen molar-refractivity contribution in [2.24, 2.45) is 5.84 Å². The number of hydrogen-bond acceptors (Lipinski definition) is 6. The van der Waals surface area contributed by atoms with Crippen LogP contribution in [-0.4, -0.2) is 54.7 Å². The number of likely N-dealkylation sites (tertiary alicyclic amines) is 1. The predicted octanol–water partition coefficient (Wildman–Crippen LogP) is 3.48. The Hall–Kier alpha value is -3.16. The third kappa shape index (κ3) is 4.69. The Labute approximate surface area is 188 Å². The Morgan fingerprint density at radius 2 is 1.81 bits per heavy atom. The van der Waals surface area contributed by atoms with Crippen LogP contribution in [0, 0.1) is 0 Å². The Balaban J connectivity index is 1.63. The van der Waals surface area contributed by atoms with Crippen LogP contribution in [0.15, 0.2) is 48.0 Å². The van der Waals surface area contributed by atoms with E-state index < -0.39 is 0 Å². The number of nitrogens with one attached hydrogen (secondary N) is 1. The zero-order valence-electron chi connectivity index (χ0n) is 18.6. The van der Waals surface area contributed by atoms with E-state index in [0.717, 1.165) is 48.3 Å². The lowest BCUT2D eigenvalue weighted by Gasteiger charge is -2.25. The van der Waals surface area contributed by atoms with Crippen molar-refractivity contribution in [3.63, 3.8) is 0 Å². The van der Waals surface area contributed by atoms with E-state index in [9.17, 15) is 9.59 Å². The summed E-state index contributed by atoms with van der Waals surface area (Å²) in [5.74, 6) is 5.76. The molecule has 7 heteroatoms. The highest BCUT2D eigenvalue weighted by Gasteiger charge is 2.24. The molecule has 3 N–H and O–H groups in total. The summed E-state index contributed by atoms with van der Waals surface area (Å²) in [6.45, 7) is 3.80. The molecule has 32 heavy (non-hydrogen) atoms. The number of anilines is 1. The van der Waals surface area contributed by atoms with Crippen LogP contribution in [-0.2, 0) is 9.53 Å². The van der Waals surface area contributed by atoms with Crippen LogP contribution in [0.3, 0.4) is 0 Å². The number of ether oxygens (including phenoxy) is 1. The summed E-state index contributed by atoms with van der Waals surface area (Å²) < 4.78 is 5.24. The van der Waals surface area contributed by atoms with E-state index in [2.05, 4.69) is 5.32 Å². The molecule has 2 aliphatic rings. The number of nitrogens with two attached hydrogens (primary N) is 1. The maximum Gasteiger partial charge on any atom is 0.334 e. The number of benzene rings is 2. The van der Waals surface area contributed by atoms with Gasteiger partial charge in [-0.25, -0.2) is 9.80 Å². The van der Waals surface area contributed by atoms with E-state index in [4.69, 9.17) is 10.6 Å². The SMILES string of the molecule is CCOC(=O)C1=Cc2cc(-c3ccc(C(=O)N4CCCC4)cc3)ccc2NC(N(C)N)C1. The number of amides is 1. The quantitative estimate of drug-likeness (QED) is 0.426. The van der Waals surface area contributed by atoms with Gasteiger partial charge in [0, 0.05) is 43.4 Å². The van der Waals surface area contributed by atoms with E-state index in [1.807, 2.05) is 53.4 Å². The van der Waals surface area contributed by atoms with Gasteiger partial charge >= 0.3 is 5.97 Å². The van der Waals surface area contributed by atoms with Gasteiger partial charge in [0.05, 0.1) is 12.8 Å². The van der Waals surface area contributed by atoms with Crippen molar-refractivity contribution in [1.29, 1.82) is 0 Å². The molecule has 2 aliphatic heterocycles. The second kappa shape index (κ2) is 9.54. The first-order valence-corrected chi connectivity index (χ1v) is 11.1. The monoisotopic (exact) mass is 434 g/mol. The number of rotatable bonds is 5. The molecule has 0 saturated carbocycles. The van der Waals surface area contributed by atoms with Gasteiger partial charge in [-0.05, 0) is 66.8 Å². The Bertz CT molecular complexity index is 1020. The molecule has 2 aromatic carbocycles. The minimum absolute atomic E-state index is 0.0964. The zero-order chi connectivity index (χ0) is 22.7. The summed E-state index contributed by atoms with van der Waals surface area (Å²) in [5.41, 5.74) is 5.09. The molecular formula is C25H30N4O3. The Morgan fingerprint density at radius 3 is 2.47 bits per heavy atom. The fourth-order valence-corrected chi connectivity index (χ4v) is 4.20. The molecule has 168 valence electrons. The molecule has 1 amide bonds. The van der Waals surface area contributed by atoms with Crippen molar-refractivity contribution < 1.29 is 14.3 Å². The summed E-state index contributed by atoms with van der Waals surface area (Å²) in [5, 5.41) is 4.97. The lowest BCUT2D eigenvalue weighted by molar-refractivity contribution is -0.138. The van der Waals surface area contributed by atoms with Crippen LogP contribution in [0.25, 0.3) is 17.2 Å². The van der Waals surface area contributed by atoms with Gasteiger partial charge in [-0.15, -0.1) is 0 Å². The molecule has 0 aromatic heterocycles. The van der Waals surface area contributed by atoms with E-state index in [1.165, 1.54) is 0 Å². The number of esters is 1. The van der Waals surface area contributed by atoms with Gasteiger partial charge in [0.15, 0.2) is 0 Å². The second-order valence-corrected chi connectivity index (χ2v) is 8.30. The first-order valence-electron chi connectivity index (χ1n) is 11.1. The highest BCUT2D eigenvalue weighted by atomic mass is 16.5. The summed E-state index contributed by atoms with van der Waals surface area (Å²) in [4.78, 5) is 27.0. The fourth-order valence-electron chi connectivity index (χ4n) is 4.20. The third-order valence-corrected chi connectivity index (χ3v) is 6.00. The molecule has 4 rings (SSSR count). The standard InChI is InChI=1S/C25H30N4O3/c1-3-32-25(31)21-15-20-14-19(10-11-22(20)27-23(16-21)28(2)26)17-6-8-18(9-7-17)24(30)29-12-4-5-13-29/h6-11,14-15,23,27H,3-5,12-13,16,26H2,1-2H3. The number of fused-ring (bicyclic) bond motifs is 1. The summed E-state index contributed by atoms with van der Waals surface area (Å²) in [6.07, 6.45) is 4.24. The molecule has 0 bridgehead atoms. The van der Waals surface area contributed by atoms with Gasteiger partial charge in [-0.3, -0.25) is 10.6 Å².